The van der Waals surface area contributed by atoms with Crippen LogP contribution in [-0.2, 0) is 20.1 Å². The molecular weight excluding hydrogens is 332 g/mol. The molecule has 1 saturated heterocycles. The lowest BCUT2D eigenvalue weighted by Gasteiger charge is -2.30. The van der Waals surface area contributed by atoms with Crippen LogP contribution in [0.4, 0.5) is 5.69 Å². The molecule has 1 aliphatic rings. The lowest BCUT2D eigenvalue weighted by Crippen LogP contribution is -2.41. The number of esters is 1. The molecule has 2 rings (SSSR count). The Labute approximate surface area is 144 Å². The molecule has 0 unspecified atom stereocenters. The highest BCUT2D eigenvalue weighted by atomic mass is 32.2. The molecule has 0 radical (unpaired) electrons. The van der Waals surface area contributed by atoms with Gasteiger partial charge >= 0.3 is 5.97 Å². The van der Waals surface area contributed by atoms with Gasteiger partial charge in [0.05, 0.1) is 23.7 Å². The van der Waals surface area contributed by atoms with Crippen LogP contribution in [0.3, 0.4) is 0 Å². The number of carbonyl (C=O) groups is 2. The van der Waals surface area contributed by atoms with Gasteiger partial charge in [0.15, 0.2) is 0 Å². The lowest BCUT2D eigenvalue weighted by molar-refractivity contribution is -0.384. The number of hydrogen-bond donors (Lipinski definition) is 0. The van der Waals surface area contributed by atoms with Gasteiger partial charge in [-0.2, -0.15) is 0 Å². The number of likely N-dealkylation sites (tertiary alicyclic amines) is 1. The van der Waals surface area contributed by atoms with Gasteiger partial charge in [0.2, 0.25) is 5.91 Å². The van der Waals surface area contributed by atoms with Crippen LogP contribution in [0.2, 0.25) is 0 Å². The monoisotopic (exact) mass is 352 g/mol. The maximum atomic E-state index is 12.2. The molecule has 0 aliphatic carbocycles. The Kier molecular flexibility index (Phi) is 6.60. The normalized spacial score (nSPS) is 15.1. The zero-order valence-corrected chi connectivity index (χ0v) is 14.3. The molecule has 0 atom stereocenters. The van der Waals surface area contributed by atoms with Crippen LogP contribution in [0.25, 0.3) is 0 Å². The van der Waals surface area contributed by atoms with Crippen LogP contribution in [0, 0.1) is 16.0 Å². The fraction of sp³-hybridized carbons (Fsp3) is 0.500. The molecule has 1 aromatic rings. The van der Waals surface area contributed by atoms with Gasteiger partial charge in [0.25, 0.3) is 5.69 Å². The second-order valence-corrected chi connectivity index (χ2v) is 6.58. The SMILES string of the molecule is COC(=O)C1CCN(C(=O)CSCc2ccc([N+](=O)[O-])cc2)CC1. The van der Waals surface area contributed by atoms with Crippen LogP contribution in [-0.4, -0.2) is 47.7 Å². The number of ether oxygens (including phenoxy) is 1. The molecule has 1 aromatic carbocycles. The Balaban J connectivity index is 1.72. The Bertz CT molecular complexity index is 597. The molecule has 1 fully saturated rings. The molecule has 1 heterocycles. The average Bonchev–Trinajstić information content (AvgIpc) is 2.61. The van der Waals surface area contributed by atoms with Crippen molar-refractivity contribution in [1.82, 2.24) is 4.90 Å². The number of rotatable bonds is 6. The molecule has 0 N–H and O–H groups in total. The first-order chi connectivity index (χ1) is 11.5. The van der Waals surface area contributed by atoms with Crippen molar-refractivity contribution in [3.05, 3.63) is 39.9 Å². The topological polar surface area (TPSA) is 89.8 Å². The zero-order chi connectivity index (χ0) is 17.5. The summed E-state index contributed by atoms with van der Waals surface area (Å²) >= 11 is 1.48. The smallest absolute Gasteiger partial charge is 0.308 e. The minimum atomic E-state index is -0.432. The fourth-order valence-corrected chi connectivity index (χ4v) is 3.48. The van der Waals surface area contributed by atoms with Crippen LogP contribution >= 0.6 is 11.8 Å². The van der Waals surface area contributed by atoms with Crippen molar-refractivity contribution in [2.45, 2.75) is 18.6 Å². The van der Waals surface area contributed by atoms with E-state index < -0.39 is 4.92 Å². The zero-order valence-electron chi connectivity index (χ0n) is 13.5. The van der Waals surface area contributed by atoms with Crippen LogP contribution in [0.1, 0.15) is 18.4 Å². The van der Waals surface area contributed by atoms with Crippen LogP contribution in [0.5, 0.6) is 0 Å². The van der Waals surface area contributed by atoms with Crippen LogP contribution in [0.15, 0.2) is 24.3 Å². The number of hydrogen-bond acceptors (Lipinski definition) is 6. The van der Waals surface area contributed by atoms with E-state index in [9.17, 15) is 19.7 Å². The number of nitro groups is 1. The summed E-state index contributed by atoms with van der Waals surface area (Å²) in [5.41, 5.74) is 1.01. The maximum Gasteiger partial charge on any atom is 0.308 e. The van der Waals surface area contributed by atoms with E-state index in [0.717, 1.165) is 5.56 Å². The standard InChI is InChI=1S/C16H20N2O5S/c1-23-16(20)13-6-8-17(9-7-13)15(19)11-24-10-12-2-4-14(5-3-12)18(21)22/h2-5,13H,6-11H2,1H3. The number of benzene rings is 1. The van der Waals surface area contributed by atoms with E-state index in [2.05, 4.69) is 0 Å². The first-order valence-electron chi connectivity index (χ1n) is 7.68. The predicted molar refractivity (Wildman–Crippen MR) is 90.6 cm³/mol. The fourth-order valence-electron chi connectivity index (χ4n) is 2.59. The van der Waals surface area contributed by atoms with Crippen molar-refractivity contribution < 1.29 is 19.2 Å². The number of amides is 1. The molecule has 8 heteroatoms. The van der Waals surface area contributed by atoms with Gasteiger partial charge in [0.1, 0.15) is 0 Å². The van der Waals surface area contributed by atoms with Gasteiger partial charge in [-0.15, -0.1) is 11.8 Å². The molecule has 7 nitrogen and oxygen atoms in total. The summed E-state index contributed by atoms with van der Waals surface area (Å²) in [4.78, 5) is 35.6. The van der Waals surface area contributed by atoms with Gasteiger partial charge in [-0.1, -0.05) is 12.1 Å². The van der Waals surface area contributed by atoms with Crippen molar-refractivity contribution in [3.63, 3.8) is 0 Å². The summed E-state index contributed by atoms with van der Waals surface area (Å²) in [6.07, 6.45) is 1.29. The average molecular weight is 352 g/mol. The third kappa shape index (κ3) is 4.95. The number of non-ortho nitro benzene ring substituents is 1. The predicted octanol–water partition coefficient (Wildman–Crippen LogP) is 2.24. The summed E-state index contributed by atoms with van der Waals surface area (Å²) in [6, 6.07) is 6.35. The molecule has 0 aromatic heterocycles. The van der Waals surface area contributed by atoms with Crippen molar-refractivity contribution in [1.29, 1.82) is 0 Å². The summed E-state index contributed by atoms with van der Waals surface area (Å²) < 4.78 is 4.73. The van der Waals surface area contributed by atoms with Crippen molar-refractivity contribution >= 4 is 29.3 Å². The van der Waals surface area contributed by atoms with Crippen molar-refractivity contribution in [2.75, 3.05) is 26.0 Å². The van der Waals surface area contributed by atoms with Gasteiger partial charge in [-0.25, -0.2) is 0 Å². The highest BCUT2D eigenvalue weighted by Gasteiger charge is 2.27. The molecular formula is C16H20N2O5S. The number of carbonyl (C=O) groups excluding carboxylic acids is 2. The molecule has 130 valence electrons. The number of nitrogens with zero attached hydrogens (tertiary/aromatic N) is 2. The van der Waals surface area contributed by atoms with E-state index in [4.69, 9.17) is 4.74 Å². The quantitative estimate of drug-likeness (QED) is 0.443. The second kappa shape index (κ2) is 8.68. The van der Waals surface area contributed by atoms with Crippen molar-refractivity contribution in [2.24, 2.45) is 5.92 Å². The van der Waals surface area contributed by atoms with Crippen molar-refractivity contribution in [3.8, 4) is 0 Å². The summed E-state index contributed by atoms with van der Waals surface area (Å²) in [7, 11) is 1.38. The summed E-state index contributed by atoms with van der Waals surface area (Å²) in [5.74, 6) is 0.745. The highest BCUT2D eigenvalue weighted by molar-refractivity contribution is 7.99. The minimum Gasteiger partial charge on any atom is -0.469 e. The third-order valence-corrected chi connectivity index (χ3v) is 5.01. The van der Waals surface area contributed by atoms with E-state index in [1.807, 2.05) is 0 Å². The first kappa shape index (κ1) is 18.3. The summed E-state index contributed by atoms with van der Waals surface area (Å²) in [5, 5.41) is 10.6. The van der Waals surface area contributed by atoms with Gasteiger partial charge in [-0.3, -0.25) is 19.7 Å². The first-order valence-corrected chi connectivity index (χ1v) is 8.83. The Hall–Kier alpha value is -2.09. The van der Waals surface area contributed by atoms with E-state index in [1.165, 1.54) is 31.0 Å². The van der Waals surface area contributed by atoms with Crippen LogP contribution < -0.4 is 0 Å². The van der Waals surface area contributed by atoms with Gasteiger partial charge < -0.3 is 9.64 Å². The molecule has 1 amide bonds. The summed E-state index contributed by atoms with van der Waals surface area (Å²) in [6.45, 7) is 1.16. The van der Waals surface area contributed by atoms with Gasteiger partial charge in [-0.05, 0) is 18.4 Å². The van der Waals surface area contributed by atoms with E-state index in [1.54, 1.807) is 17.0 Å². The molecule has 0 spiro atoms. The molecule has 0 bridgehead atoms. The van der Waals surface area contributed by atoms with E-state index in [0.29, 0.717) is 37.4 Å². The number of nitro benzene ring substituents is 1. The van der Waals surface area contributed by atoms with Gasteiger partial charge in [0, 0.05) is 31.0 Å². The number of thioether (sulfide) groups is 1. The third-order valence-electron chi connectivity index (χ3n) is 4.02. The molecule has 1 aliphatic heterocycles. The van der Waals surface area contributed by atoms with E-state index >= 15 is 0 Å². The Morgan fingerprint density at radius 3 is 2.46 bits per heavy atom. The second-order valence-electron chi connectivity index (χ2n) is 5.59. The minimum absolute atomic E-state index is 0.0604. The number of piperidine rings is 1. The molecule has 24 heavy (non-hydrogen) atoms. The Morgan fingerprint density at radius 1 is 1.29 bits per heavy atom. The maximum absolute atomic E-state index is 12.2. The lowest BCUT2D eigenvalue weighted by atomic mass is 9.97. The highest BCUT2D eigenvalue weighted by Crippen LogP contribution is 2.21. The Morgan fingerprint density at radius 2 is 1.92 bits per heavy atom. The largest absolute Gasteiger partial charge is 0.469 e. The molecule has 0 saturated carbocycles. The number of methoxy groups -OCH3 is 1. The van der Waals surface area contributed by atoms with E-state index in [-0.39, 0.29) is 23.5 Å².